The van der Waals surface area contributed by atoms with Gasteiger partial charge in [0.2, 0.25) is 0 Å². The number of carbonyl (C=O) groups is 1. The predicted molar refractivity (Wildman–Crippen MR) is 64.0 cm³/mol. The number of hydrogen-bond donors (Lipinski definition) is 2. The number of benzene rings is 1. The Morgan fingerprint density at radius 3 is 2.41 bits per heavy atom. The molecule has 3 aliphatic rings. The normalized spacial score (nSPS) is 27.5. The monoisotopic (exact) mass is 232 g/mol. The summed E-state index contributed by atoms with van der Waals surface area (Å²) < 4.78 is 0. The van der Waals surface area contributed by atoms with Gasteiger partial charge in [-0.2, -0.15) is 0 Å². The Morgan fingerprint density at radius 2 is 1.88 bits per heavy atom. The summed E-state index contributed by atoms with van der Waals surface area (Å²) in [6.45, 7) is 3.14. The molecule has 3 aliphatic heterocycles. The van der Waals surface area contributed by atoms with E-state index in [1.807, 2.05) is 12.1 Å². The maximum absolute atomic E-state index is 10.7. The van der Waals surface area contributed by atoms with E-state index in [1.165, 1.54) is 12.0 Å². The second-order valence-electron chi connectivity index (χ2n) is 4.99. The minimum absolute atomic E-state index is 0.358. The first-order valence-electron chi connectivity index (χ1n) is 6.01. The van der Waals surface area contributed by atoms with Gasteiger partial charge in [-0.3, -0.25) is 4.90 Å². The molecule has 0 amide bonds. The van der Waals surface area contributed by atoms with Gasteiger partial charge >= 0.3 is 5.97 Å². The van der Waals surface area contributed by atoms with Crippen molar-refractivity contribution in [3.63, 3.8) is 0 Å². The molecule has 0 spiro atoms. The third-order valence-electron chi connectivity index (χ3n) is 3.60. The van der Waals surface area contributed by atoms with Gasteiger partial charge in [0.25, 0.3) is 0 Å². The first kappa shape index (κ1) is 10.7. The van der Waals surface area contributed by atoms with Crippen LogP contribution in [0.15, 0.2) is 24.3 Å². The highest BCUT2D eigenvalue weighted by Crippen LogP contribution is 2.22. The first-order chi connectivity index (χ1) is 8.20. The maximum Gasteiger partial charge on any atom is 0.335 e. The lowest BCUT2D eigenvalue weighted by atomic mass is 9.91. The van der Waals surface area contributed by atoms with Crippen molar-refractivity contribution >= 4 is 5.97 Å². The largest absolute Gasteiger partial charge is 0.478 e. The fourth-order valence-corrected chi connectivity index (χ4v) is 2.74. The standard InChI is InChI=1S/C13H16N2O2/c16-13(17)10-3-1-9(2-4-10)6-15-7-11-5-12(8-15)14-11/h1-4,11-12,14H,5-8H2,(H,16,17). The van der Waals surface area contributed by atoms with Gasteiger partial charge in [-0.1, -0.05) is 12.1 Å². The average Bonchev–Trinajstić information content (AvgIpc) is 2.28. The molecule has 1 aromatic carbocycles. The molecule has 4 nitrogen and oxygen atoms in total. The number of piperazine rings is 1. The zero-order chi connectivity index (χ0) is 11.8. The van der Waals surface area contributed by atoms with Gasteiger partial charge in [-0.05, 0) is 24.1 Å². The van der Waals surface area contributed by atoms with Gasteiger partial charge in [0.1, 0.15) is 0 Å². The van der Waals surface area contributed by atoms with Crippen LogP contribution in [0.1, 0.15) is 22.3 Å². The third kappa shape index (κ3) is 2.18. The molecule has 3 heterocycles. The van der Waals surface area contributed by atoms with Crippen LogP contribution in [0, 0.1) is 0 Å². The molecular formula is C13H16N2O2. The molecule has 2 atom stereocenters. The number of rotatable bonds is 3. The second kappa shape index (κ2) is 4.13. The summed E-state index contributed by atoms with van der Waals surface area (Å²) in [6.07, 6.45) is 1.31. The van der Waals surface area contributed by atoms with Crippen LogP contribution < -0.4 is 5.32 Å². The molecule has 0 aliphatic carbocycles. The Bertz CT molecular complexity index is 414. The van der Waals surface area contributed by atoms with Crippen molar-refractivity contribution in [2.45, 2.75) is 25.0 Å². The number of nitrogens with one attached hydrogen (secondary N) is 1. The highest BCUT2D eigenvalue weighted by Gasteiger charge is 2.35. The van der Waals surface area contributed by atoms with Crippen molar-refractivity contribution < 1.29 is 9.90 Å². The molecule has 90 valence electrons. The minimum atomic E-state index is -0.861. The molecule has 2 bridgehead atoms. The smallest absolute Gasteiger partial charge is 0.335 e. The number of carboxylic acid groups (broad SMARTS) is 1. The summed E-state index contributed by atoms with van der Waals surface area (Å²) in [5, 5.41) is 12.3. The van der Waals surface area contributed by atoms with Crippen molar-refractivity contribution in [2.75, 3.05) is 13.1 Å². The van der Waals surface area contributed by atoms with Gasteiger partial charge in [0, 0.05) is 31.7 Å². The van der Waals surface area contributed by atoms with Gasteiger partial charge < -0.3 is 10.4 Å². The zero-order valence-corrected chi connectivity index (χ0v) is 9.60. The topological polar surface area (TPSA) is 52.6 Å². The Morgan fingerprint density at radius 1 is 1.29 bits per heavy atom. The van der Waals surface area contributed by atoms with E-state index in [0.717, 1.165) is 19.6 Å². The van der Waals surface area contributed by atoms with E-state index in [0.29, 0.717) is 17.6 Å². The van der Waals surface area contributed by atoms with Crippen molar-refractivity contribution in [3.05, 3.63) is 35.4 Å². The second-order valence-corrected chi connectivity index (χ2v) is 4.99. The third-order valence-corrected chi connectivity index (χ3v) is 3.60. The molecule has 4 heteroatoms. The maximum atomic E-state index is 10.7. The van der Waals surface area contributed by atoms with Crippen molar-refractivity contribution in [1.29, 1.82) is 0 Å². The van der Waals surface area contributed by atoms with Gasteiger partial charge in [0.15, 0.2) is 0 Å². The molecular weight excluding hydrogens is 216 g/mol. The molecule has 17 heavy (non-hydrogen) atoms. The molecule has 0 aromatic heterocycles. The SMILES string of the molecule is O=C(O)c1ccc(CN2CC3CC(C2)N3)cc1. The van der Waals surface area contributed by atoms with Crippen LogP contribution in [-0.4, -0.2) is 41.1 Å². The number of fused-ring (bicyclic) bond motifs is 2. The Labute approximate surface area is 100 Å². The summed E-state index contributed by atoms with van der Waals surface area (Å²) >= 11 is 0. The van der Waals surface area contributed by atoms with Crippen LogP contribution in [-0.2, 0) is 6.54 Å². The number of nitrogens with zero attached hydrogens (tertiary/aromatic N) is 1. The molecule has 3 fully saturated rings. The van der Waals surface area contributed by atoms with Crippen molar-refractivity contribution in [1.82, 2.24) is 10.2 Å². The van der Waals surface area contributed by atoms with Crippen LogP contribution in [0.3, 0.4) is 0 Å². The van der Waals surface area contributed by atoms with Crippen LogP contribution >= 0.6 is 0 Å². The van der Waals surface area contributed by atoms with Crippen molar-refractivity contribution in [3.8, 4) is 0 Å². The van der Waals surface area contributed by atoms with E-state index in [2.05, 4.69) is 10.2 Å². The molecule has 0 radical (unpaired) electrons. The number of piperidine rings is 1. The molecule has 4 rings (SSSR count). The number of hydrogen-bond acceptors (Lipinski definition) is 3. The molecule has 0 saturated carbocycles. The Kier molecular flexibility index (Phi) is 2.61. The predicted octanol–water partition coefficient (Wildman–Crippen LogP) is 0.931. The summed E-state index contributed by atoms with van der Waals surface area (Å²) in [5.74, 6) is -0.861. The number of carboxylic acids is 1. The van der Waals surface area contributed by atoms with E-state index in [4.69, 9.17) is 5.11 Å². The van der Waals surface area contributed by atoms with E-state index in [9.17, 15) is 4.79 Å². The van der Waals surface area contributed by atoms with E-state index >= 15 is 0 Å². The van der Waals surface area contributed by atoms with E-state index in [1.54, 1.807) is 12.1 Å². The Balaban J connectivity index is 1.63. The van der Waals surface area contributed by atoms with Gasteiger partial charge in [0.05, 0.1) is 5.56 Å². The Hall–Kier alpha value is -1.39. The average molecular weight is 232 g/mol. The van der Waals surface area contributed by atoms with E-state index in [-0.39, 0.29) is 0 Å². The highest BCUT2D eigenvalue weighted by atomic mass is 16.4. The van der Waals surface area contributed by atoms with Crippen LogP contribution in [0.2, 0.25) is 0 Å². The summed E-state index contributed by atoms with van der Waals surface area (Å²) in [4.78, 5) is 13.2. The minimum Gasteiger partial charge on any atom is -0.478 e. The lowest BCUT2D eigenvalue weighted by Crippen LogP contribution is -2.66. The van der Waals surface area contributed by atoms with Crippen molar-refractivity contribution in [2.24, 2.45) is 0 Å². The fraction of sp³-hybridized carbons (Fsp3) is 0.462. The van der Waals surface area contributed by atoms with Crippen LogP contribution in [0.25, 0.3) is 0 Å². The van der Waals surface area contributed by atoms with Gasteiger partial charge in [-0.15, -0.1) is 0 Å². The van der Waals surface area contributed by atoms with Crippen LogP contribution in [0.4, 0.5) is 0 Å². The lowest BCUT2D eigenvalue weighted by Gasteiger charge is -2.48. The van der Waals surface area contributed by atoms with Gasteiger partial charge in [-0.25, -0.2) is 4.79 Å². The quantitative estimate of drug-likeness (QED) is 0.814. The van der Waals surface area contributed by atoms with Crippen LogP contribution in [0.5, 0.6) is 0 Å². The first-order valence-corrected chi connectivity index (χ1v) is 6.01. The lowest BCUT2D eigenvalue weighted by molar-refractivity contribution is 0.0696. The summed E-state index contributed by atoms with van der Waals surface area (Å²) in [7, 11) is 0. The highest BCUT2D eigenvalue weighted by molar-refractivity contribution is 5.87. The summed E-state index contributed by atoms with van der Waals surface area (Å²) in [5.41, 5.74) is 1.55. The fourth-order valence-electron chi connectivity index (χ4n) is 2.74. The summed E-state index contributed by atoms with van der Waals surface area (Å²) in [6, 6.07) is 8.54. The number of aromatic carboxylic acids is 1. The molecule has 3 saturated heterocycles. The molecule has 2 unspecified atom stereocenters. The van der Waals surface area contributed by atoms with E-state index < -0.39 is 5.97 Å². The molecule has 1 aromatic rings. The molecule has 2 N–H and O–H groups in total. The zero-order valence-electron chi connectivity index (χ0n) is 9.60.